The number of urea groups is 1. The quantitative estimate of drug-likeness (QED) is 0.892. The molecule has 1 aromatic rings. The van der Waals surface area contributed by atoms with E-state index in [1.54, 1.807) is 4.90 Å². The van der Waals surface area contributed by atoms with Crippen LogP contribution < -0.4 is 5.32 Å². The summed E-state index contributed by atoms with van der Waals surface area (Å²) < 4.78 is 36.9. The van der Waals surface area contributed by atoms with Gasteiger partial charge in [-0.3, -0.25) is 0 Å². The van der Waals surface area contributed by atoms with Gasteiger partial charge in [-0.05, 0) is 36.5 Å². The molecule has 1 fully saturated rings. The van der Waals surface area contributed by atoms with Crippen LogP contribution in [-0.2, 0) is 6.42 Å². The van der Waals surface area contributed by atoms with Gasteiger partial charge in [0, 0.05) is 12.2 Å². The Morgan fingerprint density at radius 3 is 2.57 bits per heavy atom. The first-order valence-corrected chi connectivity index (χ1v) is 7.64. The highest BCUT2D eigenvalue weighted by Crippen LogP contribution is 2.25. The predicted molar refractivity (Wildman–Crippen MR) is 81.2 cm³/mol. The van der Waals surface area contributed by atoms with E-state index in [4.69, 9.17) is 0 Å². The van der Waals surface area contributed by atoms with E-state index in [9.17, 15) is 23.1 Å². The number of rotatable bonds is 3. The molecule has 0 saturated carbocycles. The molecule has 2 unspecified atom stereocenters. The Morgan fingerprint density at radius 1 is 1.35 bits per heavy atom. The summed E-state index contributed by atoms with van der Waals surface area (Å²) in [6.45, 7) is 2.46. The zero-order valence-corrected chi connectivity index (χ0v) is 12.9. The molecule has 2 N–H and O–H groups in total. The van der Waals surface area contributed by atoms with E-state index < -0.39 is 12.6 Å². The number of hydrogen-bond donors (Lipinski definition) is 2. The zero-order chi connectivity index (χ0) is 17.0. The first-order valence-electron chi connectivity index (χ1n) is 7.64. The van der Waals surface area contributed by atoms with Crippen LogP contribution >= 0.6 is 0 Å². The lowest BCUT2D eigenvalue weighted by molar-refractivity contribution is -0.127. The average molecular weight is 330 g/mol. The lowest BCUT2D eigenvalue weighted by atomic mass is 9.91. The van der Waals surface area contributed by atoms with E-state index >= 15 is 0 Å². The van der Waals surface area contributed by atoms with E-state index in [1.165, 1.54) is 24.3 Å². The molecule has 128 valence electrons. The molecule has 2 atom stereocenters. The number of piperidine rings is 1. The monoisotopic (exact) mass is 330 g/mol. The summed E-state index contributed by atoms with van der Waals surface area (Å²) in [5.74, 6) is 0.216. The fourth-order valence-electron chi connectivity index (χ4n) is 2.91. The maximum absolute atomic E-state index is 12.3. The van der Waals surface area contributed by atoms with Crippen LogP contribution in [0.2, 0.25) is 0 Å². The summed E-state index contributed by atoms with van der Waals surface area (Å²) in [4.78, 5) is 13.9. The smallest absolute Gasteiger partial charge is 0.393 e. The van der Waals surface area contributed by atoms with E-state index in [1.807, 2.05) is 6.92 Å². The molecule has 0 aliphatic carbocycles. The summed E-state index contributed by atoms with van der Waals surface area (Å²) in [5.41, 5.74) is 0.589. The van der Waals surface area contributed by atoms with E-state index in [0.29, 0.717) is 12.2 Å². The van der Waals surface area contributed by atoms with Crippen molar-refractivity contribution in [2.45, 2.75) is 38.4 Å². The number of aliphatic hydroxyl groups excluding tert-OH is 1. The van der Waals surface area contributed by atoms with Gasteiger partial charge in [-0.15, -0.1) is 0 Å². The highest BCUT2D eigenvalue weighted by atomic mass is 19.4. The molecular weight excluding hydrogens is 309 g/mol. The highest BCUT2D eigenvalue weighted by molar-refractivity contribution is 5.89. The normalized spacial score (nSPS) is 22.0. The maximum atomic E-state index is 12.3. The summed E-state index contributed by atoms with van der Waals surface area (Å²) in [5, 5.41) is 12.1. The van der Waals surface area contributed by atoms with Crippen LogP contribution in [-0.4, -0.2) is 41.4 Å². The Labute approximate surface area is 133 Å². The average Bonchev–Trinajstić information content (AvgIpc) is 2.47. The Balaban J connectivity index is 1.99. The number of halogens is 3. The number of nitrogens with zero attached hydrogens (tertiary/aromatic N) is 1. The maximum Gasteiger partial charge on any atom is 0.393 e. The van der Waals surface area contributed by atoms with Gasteiger partial charge in [-0.1, -0.05) is 19.1 Å². The number of benzene rings is 1. The molecule has 23 heavy (non-hydrogen) atoms. The highest BCUT2D eigenvalue weighted by Gasteiger charge is 2.31. The molecular formula is C16H21F3N2O2. The molecule has 1 aliphatic rings. The van der Waals surface area contributed by atoms with Crippen LogP contribution in [0.4, 0.5) is 23.7 Å². The number of amides is 2. The molecule has 1 saturated heterocycles. The molecule has 0 aromatic heterocycles. The zero-order valence-electron chi connectivity index (χ0n) is 12.9. The van der Waals surface area contributed by atoms with Crippen LogP contribution in [0.3, 0.4) is 0 Å². The number of carbonyl (C=O) groups is 1. The minimum atomic E-state index is -4.25. The second-order valence-corrected chi connectivity index (χ2v) is 5.98. The molecule has 4 nitrogen and oxygen atoms in total. The van der Waals surface area contributed by atoms with E-state index in [2.05, 4.69) is 5.32 Å². The number of anilines is 1. The van der Waals surface area contributed by atoms with E-state index in [0.717, 1.165) is 12.8 Å². The molecule has 2 rings (SSSR count). The molecule has 7 heteroatoms. The number of likely N-dealkylation sites (tertiary alicyclic amines) is 1. The number of hydrogen-bond acceptors (Lipinski definition) is 2. The fourth-order valence-corrected chi connectivity index (χ4v) is 2.91. The summed E-state index contributed by atoms with van der Waals surface area (Å²) in [7, 11) is 0. The molecule has 0 bridgehead atoms. The van der Waals surface area contributed by atoms with Crippen molar-refractivity contribution in [1.82, 2.24) is 4.90 Å². The van der Waals surface area contributed by atoms with E-state index in [-0.39, 0.29) is 30.2 Å². The van der Waals surface area contributed by atoms with Gasteiger partial charge >= 0.3 is 12.2 Å². The van der Waals surface area contributed by atoms with Gasteiger partial charge in [0.2, 0.25) is 0 Å². The van der Waals surface area contributed by atoms with Gasteiger partial charge in [0.05, 0.1) is 19.1 Å². The first kappa shape index (κ1) is 17.6. The summed E-state index contributed by atoms with van der Waals surface area (Å²) in [6.07, 6.45) is -3.41. The molecule has 0 spiro atoms. The topological polar surface area (TPSA) is 52.6 Å². The minimum absolute atomic E-state index is 0.0981. The van der Waals surface area contributed by atoms with Crippen LogP contribution in [0.15, 0.2) is 24.3 Å². The molecule has 0 radical (unpaired) electrons. The van der Waals surface area contributed by atoms with Crippen molar-refractivity contribution in [3.63, 3.8) is 0 Å². The summed E-state index contributed by atoms with van der Waals surface area (Å²) >= 11 is 0. The molecule has 1 aliphatic heterocycles. The van der Waals surface area contributed by atoms with Crippen molar-refractivity contribution < 1.29 is 23.1 Å². The van der Waals surface area contributed by atoms with Crippen molar-refractivity contribution in [3.05, 3.63) is 29.8 Å². The second-order valence-electron chi connectivity index (χ2n) is 5.98. The first-order chi connectivity index (χ1) is 10.8. The van der Waals surface area contributed by atoms with Gasteiger partial charge in [0.1, 0.15) is 0 Å². The van der Waals surface area contributed by atoms with Crippen molar-refractivity contribution in [2.75, 3.05) is 18.5 Å². The third-order valence-electron chi connectivity index (χ3n) is 4.17. The van der Waals surface area contributed by atoms with Crippen LogP contribution in [0.5, 0.6) is 0 Å². The molecule has 1 heterocycles. The standard InChI is InChI=1S/C16H21F3N2O2/c1-11-3-2-8-21(14(11)10-22)15(23)20-13-6-4-12(5-7-13)9-16(17,18)19/h4-7,11,14,22H,2-3,8-10H2,1H3,(H,20,23). The van der Waals surface area contributed by atoms with Gasteiger partial charge < -0.3 is 15.3 Å². The number of nitrogens with one attached hydrogen (secondary N) is 1. The van der Waals surface area contributed by atoms with Crippen LogP contribution in [0.25, 0.3) is 0 Å². The van der Waals surface area contributed by atoms with Crippen molar-refractivity contribution in [2.24, 2.45) is 5.92 Å². The predicted octanol–water partition coefficient (Wildman–Crippen LogP) is 3.42. The second kappa shape index (κ2) is 7.21. The van der Waals surface area contributed by atoms with Crippen LogP contribution in [0.1, 0.15) is 25.3 Å². The third kappa shape index (κ3) is 4.86. The number of alkyl halides is 3. The minimum Gasteiger partial charge on any atom is -0.394 e. The Hall–Kier alpha value is -1.76. The largest absolute Gasteiger partial charge is 0.394 e. The van der Waals surface area contributed by atoms with Crippen LogP contribution in [0, 0.1) is 5.92 Å². The van der Waals surface area contributed by atoms with Gasteiger partial charge in [-0.2, -0.15) is 13.2 Å². The SMILES string of the molecule is CC1CCCN(C(=O)Nc2ccc(CC(F)(F)F)cc2)C1CO. The molecule has 2 amide bonds. The van der Waals surface area contributed by atoms with Gasteiger partial charge in [0.15, 0.2) is 0 Å². The lowest BCUT2D eigenvalue weighted by Gasteiger charge is -2.38. The fraction of sp³-hybridized carbons (Fsp3) is 0.562. The summed E-state index contributed by atoms with van der Waals surface area (Å²) in [6, 6.07) is 5.06. The van der Waals surface area contributed by atoms with Gasteiger partial charge in [0.25, 0.3) is 0 Å². The number of aliphatic hydroxyl groups is 1. The Morgan fingerprint density at radius 2 is 2.00 bits per heavy atom. The Kier molecular flexibility index (Phi) is 5.51. The third-order valence-corrected chi connectivity index (χ3v) is 4.17. The van der Waals surface area contributed by atoms with Crippen molar-refractivity contribution in [3.8, 4) is 0 Å². The number of carbonyl (C=O) groups excluding carboxylic acids is 1. The van der Waals surface area contributed by atoms with Gasteiger partial charge in [-0.25, -0.2) is 4.79 Å². The molecule has 1 aromatic carbocycles. The van der Waals surface area contributed by atoms with Crippen molar-refractivity contribution >= 4 is 11.7 Å². The Bertz CT molecular complexity index is 531. The van der Waals surface area contributed by atoms with Crippen molar-refractivity contribution in [1.29, 1.82) is 0 Å². The lowest BCUT2D eigenvalue weighted by Crippen LogP contribution is -2.51.